The fraction of sp³-hybridized carbons (Fsp3) is 0.120. The molecule has 1 aliphatic rings. The molecule has 0 N–H and O–H groups in total. The number of nitrogens with zero attached hydrogens (tertiary/aromatic N) is 1. The van der Waals surface area contributed by atoms with Crippen molar-refractivity contribution in [1.82, 2.24) is 4.90 Å². The number of ether oxygens (including phenoxy) is 2. The molecule has 0 unspecified atom stereocenters. The maximum absolute atomic E-state index is 13.1. The molecule has 5 nitrogen and oxygen atoms in total. The highest BCUT2D eigenvalue weighted by atomic mass is 79.9. The zero-order valence-corrected chi connectivity index (χ0v) is 21.9. The predicted molar refractivity (Wildman–Crippen MR) is 137 cm³/mol. The number of hydrogen-bond acceptors (Lipinski definition) is 5. The Bertz CT molecular complexity index is 1280. The number of amides is 2. The lowest BCUT2D eigenvalue weighted by molar-refractivity contribution is -0.123. The second-order valence-electron chi connectivity index (χ2n) is 7.31. The summed E-state index contributed by atoms with van der Waals surface area (Å²) >= 11 is 7.85. The molecule has 1 saturated heterocycles. The van der Waals surface area contributed by atoms with Gasteiger partial charge >= 0.3 is 0 Å². The highest BCUT2D eigenvalue weighted by Gasteiger charge is 2.35. The second kappa shape index (κ2) is 10.8. The molecule has 174 valence electrons. The SMILES string of the molecule is COc1cc(/C=C2/SC(=O)N(Cc3ccccc3Br)C2=O)cc(Br)c1OCc1ccc(F)cc1. The highest BCUT2D eigenvalue weighted by molar-refractivity contribution is 9.10. The molecular weight excluding hydrogens is 589 g/mol. The van der Waals surface area contributed by atoms with Crippen molar-refractivity contribution in [2.45, 2.75) is 13.2 Å². The largest absolute Gasteiger partial charge is 0.493 e. The number of imide groups is 1. The summed E-state index contributed by atoms with van der Waals surface area (Å²) in [6, 6.07) is 17.0. The van der Waals surface area contributed by atoms with Crippen molar-refractivity contribution in [1.29, 1.82) is 0 Å². The molecule has 1 aliphatic heterocycles. The Hall–Kier alpha value is -2.62. The standard InChI is InChI=1S/C25H18Br2FNO4S/c1-32-21-11-16(10-20(27)23(21)33-14-15-6-8-18(28)9-7-15)12-22-24(30)29(25(31)34-22)13-17-4-2-3-5-19(17)26/h2-12H,13-14H2,1H3/b22-12+. The van der Waals surface area contributed by atoms with Crippen LogP contribution in [0, 0.1) is 5.82 Å². The summed E-state index contributed by atoms with van der Waals surface area (Å²) in [5.41, 5.74) is 2.32. The molecular formula is C25H18Br2FNO4S. The zero-order chi connectivity index (χ0) is 24.2. The van der Waals surface area contributed by atoms with Gasteiger partial charge in [-0.15, -0.1) is 0 Å². The van der Waals surface area contributed by atoms with Gasteiger partial charge in [-0.3, -0.25) is 14.5 Å². The Morgan fingerprint density at radius 3 is 2.47 bits per heavy atom. The van der Waals surface area contributed by atoms with Crippen LogP contribution in [0.1, 0.15) is 16.7 Å². The van der Waals surface area contributed by atoms with E-state index in [0.717, 1.165) is 27.4 Å². The molecule has 0 spiro atoms. The van der Waals surface area contributed by atoms with E-state index in [1.807, 2.05) is 24.3 Å². The third kappa shape index (κ3) is 5.54. The van der Waals surface area contributed by atoms with Crippen LogP contribution in [0.25, 0.3) is 6.08 Å². The molecule has 3 aromatic rings. The van der Waals surface area contributed by atoms with Crippen molar-refractivity contribution in [2.75, 3.05) is 7.11 Å². The number of halogens is 3. The Labute approximate surface area is 217 Å². The third-order valence-electron chi connectivity index (χ3n) is 5.01. The monoisotopic (exact) mass is 605 g/mol. The smallest absolute Gasteiger partial charge is 0.293 e. The first-order valence-electron chi connectivity index (χ1n) is 10.1. The number of carbonyl (C=O) groups is 2. The number of rotatable bonds is 7. The molecule has 1 heterocycles. The fourth-order valence-corrected chi connectivity index (χ4v) is 5.11. The molecule has 34 heavy (non-hydrogen) atoms. The van der Waals surface area contributed by atoms with Gasteiger partial charge in [0.1, 0.15) is 12.4 Å². The lowest BCUT2D eigenvalue weighted by atomic mass is 10.1. The van der Waals surface area contributed by atoms with Crippen LogP contribution in [0.3, 0.4) is 0 Å². The number of hydrogen-bond donors (Lipinski definition) is 0. The topological polar surface area (TPSA) is 55.8 Å². The lowest BCUT2D eigenvalue weighted by Crippen LogP contribution is -2.27. The lowest BCUT2D eigenvalue weighted by Gasteiger charge is -2.14. The van der Waals surface area contributed by atoms with Gasteiger partial charge in [-0.25, -0.2) is 4.39 Å². The Balaban J connectivity index is 1.53. The molecule has 0 radical (unpaired) electrons. The summed E-state index contributed by atoms with van der Waals surface area (Å²) in [7, 11) is 1.52. The van der Waals surface area contributed by atoms with Crippen molar-refractivity contribution in [3.63, 3.8) is 0 Å². The van der Waals surface area contributed by atoms with Crippen LogP contribution in [0.5, 0.6) is 11.5 Å². The molecule has 0 bridgehead atoms. The first kappa shape index (κ1) is 24.5. The van der Waals surface area contributed by atoms with Gasteiger partial charge in [-0.05, 0) is 80.8 Å². The molecule has 2 amide bonds. The van der Waals surface area contributed by atoms with E-state index >= 15 is 0 Å². The van der Waals surface area contributed by atoms with Crippen molar-refractivity contribution in [2.24, 2.45) is 0 Å². The first-order chi connectivity index (χ1) is 16.4. The normalized spacial score (nSPS) is 14.7. The summed E-state index contributed by atoms with van der Waals surface area (Å²) in [5, 5.41) is -0.322. The Morgan fingerprint density at radius 1 is 1.03 bits per heavy atom. The number of carbonyl (C=O) groups excluding carboxylic acids is 2. The maximum Gasteiger partial charge on any atom is 0.293 e. The third-order valence-corrected chi connectivity index (χ3v) is 7.28. The van der Waals surface area contributed by atoms with E-state index in [9.17, 15) is 14.0 Å². The summed E-state index contributed by atoms with van der Waals surface area (Å²) in [4.78, 5) is 27.0. The molecule has 0 atom stereocenters. The van der Waals surface area contributed by atoms with Gasteiger partial charge in [0.05, 0.1) is 23.0 Å². The summed E-state index contributed by atoms with van der Waals surface area (Å²) in [6.07, 6.45) is 1.65. The van der Waals surface area contributed by atoms with E-state index in [4.69, 9.17) is 9.47 Å². The average Bonchev–Trinajstić information content (AvgIpc) is 3.07. The summed E-state index contributed by atoms with van der Waals surface area (Å²) in [5.74, 6) is 0.270. The van der Waals surface area contributed by atoms with E-state index in [1.54, 1.807) is 30.3 Å². The van der Waals surface area contributed by atoms with Crippen LogP contribution >= 0.6 is 43.6 Å². The molecule has 0 aliphatic carbocycles. The van der Waals surface area contributed by atoms with Gasteiger partial charge in [0, 0.05) is 4.47 Å². The highest BCUT2D eigenvalue weighted by Crippen LogP contribution is 2.40. The van der Waals surface area contributed by atoms with Gasteiger partial charge in [-0.1, -0.05) is 46.3 Å². The van der Waals surface area contributed by atoms with Gasteiger partial charge in [0.2, 0.25) is 0 Å². The summed E-state index contributed by atoms with van der Waals surface area (Å²) in [6.45, 7) is 0.412. The van der Waals surface area contributed by atoms with Crippen molar-refractivity contribution >= 4 is 60.8 Å². The predicted octanol–water partition coefficient (Wildman–Crippen LogP) is 7.17. The van der Waals surface area contributed by atoms with Crippen LogP contribution in [0.2, 0.25) is 0 Å². The first-order valence-corrected chi connectivity index (χ1v) is 12.5. The zero-order valence-electron chi connectivity index (χ0n) is 17.9. The Kier molecular flexibility index (Phi) is 7.75. The molecule has 1 fully saturated rings. The van der Waals surface area contributed by atoms with Crippen molar-refractivity contribution in [3.05, 3.63) is 97.0 Å². The molecule has 3 aromatic carbocycles. The second-order valence-corrected chi connectivity index (χ2v) is 10.0. The minimum Gasteiger partial charge on any atom is -0.493 e. The number of benzene rings is 3. The van der Waals surface area contributed by atoms with Gasteiger partial charge in [0.15, 0.2) is 11.5 Å². The van der Waals surface area contributed by atoms with E-state index in [2.05, 4.69) is 31.9 Å². The fourth-order valence-electron chi connectivity index (χ4n) is 3.28. The van der Waals surface area contributed by atoms with Crippen LogP contribution in [0.15, 0.2) is 74.5 Å². The minimum atomic E-state index is -0.350. The quantitative estimate of drug-likeness (QED) is 0.267. The minimum absolute atomic E-state index is 0.187. The number of methoxy groups -OCH3 is 1. The van der Waals surface area contributed by atoms with Gasteiger partial charge in [-0.2, -0.15) is 0 Å². The van der Waals surface area contributed by atoms with E-state index in [-0.39, 0.29) is 30.1 Å². The molecule has 0 saturated carbocycles. The van der Waals surface area contributed by atoms with Gasteiger partial charge < -0.3 is 9.47 Å². The maximum atomic E-state index is 13.1. The van der Waals surface area contributed by atoms with Crippen LogP contribution in [-0.4, -0.2) is 23.2 Å². The van der Waals surface area contributed by atoms with Crippen molar-refractivity contribution < 1.29 is 23.5 Å². The molecule has 9 heteroatoms. The van der Waals surface area contributed by atoms with Crippen LogP contribution < -0.4 is 9.47 Å². The number of thioether (sulfide) groups is 1. The molecule has 0 aromatic heterocycles. The van der Waals surface area contributed by atoms with Gasteiger partial charge in [0.25, 0.3) is 11.1 Å². The van der Waals surface area contributed by atoms with Crippen LogP contribution in [-0.2, 0) is 17.9 Å². The summed E-state index contributed by atoms with van der Waals surface area (Å²) < 4.78 is 25.9. The van der Waals surface area contributed by atoms with Crippen LogP contribution in [0.4, 0.5) is 9.18 Å². The van der Waals surface area contributed by atoms with Crippen molar-refractivity contribution in [3.8, 4) is 11.5 Å². The van der Waals surface area contributed by atoms with E-state index in [1.165, 1.54) is 24.1 Å². The molecule has 4 rings (SSSR count). The van der Waals surface area contributed by atoms with E-state index < -0.39 is 0 Å². The van der Waals surface area contributed by atoms with E-state index in [0.29, 0.717) is 26.4 Å². The Morgan fingerprint density at radius 2 is 1.76 bits per heavy atom. The average molecular weight is 607 g/mol.